The van der Waals surface area contributed by atoms with Crippen LogP contribution in [-0.4, -0.2) is 43.0 Å². The monoisotopic (exact) mass is 267 g/mol. The van der Waals surface area contributed by atoms with Gasteiger partial charge in [-0.15, -0.1) is 0 Å². The van der Waals surface area contributed by atoms with Crippen molar-refractivity contribution in [2.24, 2.45) is 17.6 Å². The molecule has 1 saturated heterocycles. The molecule has 1 amide bonds. The molecule has 0 radical (unpaired) electrons. The van der Waals surface area contributed by atoms with Crippen molar-refractivity contribution in [3.8, 4) is 0 Å². The minimum Gasteiger partial charge on any atom is -0.352 e. The van der Waals surface area contributed by atoms with Crippen LogP contribution >= 0.6 is 0 Å². The molecule has 4 heteroatoms. The summed E-state index contributed by atoms with van der Waals surface area (Å²) >= 11 is 0. The second-order valence-corrected chi connectivity index (χ2v) is 6.19. The molecule has 1 saturated carbocycles. The van der Waals surface area contributed by atoms with E-state index in [2.05, 4.69) is 17.1 Å². The lowest BCUT2D eigenvalue weighted by atomic mass is 9.81. The summed E-state index contributed by atoms with van der Waals surface area (Å²) in [5.41, 5.74) is 5.70. The summed E-state index contributed by atoms with van der Waals surface area (Å²) in [7, 11) is 0. The normalized spacial score (nSPS) is 33.1. The van der Waals surface area contributed by atoms with E-state index in [1.807, 2.05) is 0 Å². The topological polar surface area (TPSA) is 58.4 Å². The van der Waals surface area contributed by atoms with Gasteiger partial charge in [0.15, 0.2) is 0 Å². The maximum absolute atomic E-state index is 12.3. The molecule has 1 aliphatic carbocycles. The molecule has 1 atom stereocenters. The summed E-state index contributed by atoms with van der Waals surface area (Å²) in [6, 6.07) is 0.369. The standard InChI is InChI=1S/C15H29N3O/c1-2-18-9-3-4-14(11-18)17-15(19)13-7-5-12(10-16)6-8-13/h12-14H,2-11,16H2,1H3,(H,17,19). The Labute approximate surface area is 117 Å². The van der Waals surface area contributed by atoms with Crippen LogP contribution in [0.3, 0.4) is 0 Å². The molecule has 2 rings (SSSR count). The number of hydrogen-bond donors (Lipinski definition) is 2. The highest BCUT2D eigenvalue weighted by atomic mass is 16.1. The molecule has 3 N–H and O–H groups in total. The van der Waals surface area contributed by atoms with Gasteiger partial charge >= 0.3 is 0 Å². The third-order valence-electron chi connectivity index (χ3n) is 4.85. The molecule has 110 valence electrons. The van der Waals surface area contributed by atoms with Crippen LogP contribution < -0.4 is 11.1 Å². The predicted octanol–water partition coefficient (Wildman–Crippen LogP) is 1.35. The summed E-state index contributed by atoms with van der Waals surface area (Å²) in [6.07, 6.45) is 6.65. The summed E-state index contributed by atoms with van der Waals surface area (Å²) in [5, 5.41) is 3.27. The highest BCUT2D eigenvalue weighted by Gasteiger charge is 2.28. The van der Waals surface area contributed by atoms with Crippen LogP contribution in [0.1, 0.15) is 45.4 Å². The Morgan fingerprint density at radius 2 is 2.00 bits per heavy atom. The molecule has 1 aliphatic heterocycles. The molecule has 19 heavy (non-hydrogen) atoms. The smallest absolute Gasteiger partial charge is 0.223 e. The van der Waals surface area contributed by atoms with E-state index in [1.54, 1.807) is 0 Å². The van der Waals surface area contributed by atoms with Crippen LogP contribution in [-0.2, 0) is 4.79 Å². The van der Waals surface area contributed by atoms with E-state index in [9.17, 15) is 4.79 Å². The molecule has 0 bridgehead atoms. The fourth-order valence-electron chi connectivity index (χ4n) is 3.44. The van der Waals surface area contributed by atoms with E-state index in [-0.39, 0.29) is 5.92 Å². The van der Waals surface area contributed by atoms with Crippen molar-refractivity contribution >= 4 is 5.91 Å². The van der Waals surface area contributed by atoms with Crippen molar-refractivity contribution in [1.82, 2.24) is 10.2 Å². The van der Waals surface area contributed by atoms with Crippen molar-refractivity contribution in [1.29, 1.82) is 0 Å². The second-order valence-electron chi connectivity index (χ2n) is 6.19. The Kier molecular flexibility index (Phi) is 5.64. The molecule has 1 unspecified atom stereocenters. The maximum Gasteiger partial charge on any atom is 0.223 e. The zero-order chi connectivity index (χ0) is 13.7. The van der Waals surface area contributed by atoms with Gasteiger partial charge in [-0.1, -0.05) is 6.92 Å². The zero-order valence-electron chi connectivity index (χ0n) is 12.2. The van der Waals surface area contributed by atoms with Crippen molar-refractivity contribution < 1.29 is 4.79 Å². The average molecular weight is 267 g/mol. The van der Waals surface area contributed by atoms with E-state index in [4.69, 9.17) is 5.73 Å². The molecule has 0 aromatic rings. The molecule has 4 nitrogen and oxygen atoms in total. The summed E-state index contributed by atoms with van der Waals surface area (Å²) in [5.74, 6) is 1.17. The van der Waals surface area contributed by atoms with E-state index in [0.29, 0.717) is 17.9 Å². The number of nitrogens with one attached hydrogen (secondary N) is 1. The third kappa shape index (κ3) is 4.18. The first-order valence-corrected chi connectivity index (χ1v) is 7.95. The first-order valence-electron chi connectivity index (χ1n) is 7.95. The Morgan fingerprint density at radius 1 is 1.26 bits per heavy atom. The van der Waals surface area contributed by atoms with Crippen LogP contribution in [0.4, 0.5) is 0 Å². The number of amides is 1. The zero-order valence-corrected chi connectivity index (χ0v) is 12.2. The fraction of sp³-hybridized carbons (Fsp3) is 0.933. The van der Waals surface area contributed by atoms with Crippen molar-refractivity contribution in [3.05, 3.63) is 0 Å². The van der Waals surface area contributed by atoms with Gasteiger partial charge in [0, 0.05) is 18.5 Å². The Hall–Kier alpha value is -0.610. The van der Waals surface area contributed by atoms with Crippen LogP contribution in [0.15, 0.2) is 0 Å². The highest BCUT2D eigenvalue weighted by molar-refractivity contribution is 5.79. The molecule has 0 spiro atoms. The molecule has 1 heterocycles. The molecular weight excluding hydrogens is 238 g/mol. The quantitative estimate of drug-likeness (QED) is 0.808. The molecule has 2 fully saturated rings. The highest BCUT2D eigenvalue weighted by Crippen LogP contribution is 2.28. The predicted molar refractivity (Wildman–Crippen MR) is 77.8 cm³/mol. The first-order chi connectivity index (χ1) is 9.22. The van der Waals surface area contributed by atoms with Gasteiger partial charge in [-0.05, 0) is 64.1 Å². The van der Waals surface area contributed by atoms with Crippen molar-refractivity contribution in [3.63, 3.8) is 0 Å². The summed E-state index contributed by atoms with van der Waals surface area (Å²) in [6.45, 7) is 6.28. The van der Waals surface area contributed by atoms with Gasteiger partial charge in [-0.2, -0.15) is 0 Å². The van der Waals surface area contributed by atoms with E-state index in [0.717, 1.165) is 51.7 Å². The lowest BCUT2D eigenvalue weighted by Gasteiger charge is -2.34. The second kappa shape index (κ2) is 7.25. The number of carbonyl (C=O) groups is 1. The number of likely N-dealkylation sites (tertiary alicyclic amines) is 1. The van der Waals surface area contributed by atoms with Crippen LogP contribution in [0.2, 0.25) is 0 Å². The van der Waals surface area contributed by atoms with Gasteiger partial charge in [-0.25, -0.2) is 0 Å². The minimum atomic E-state index is 0.236. The van der Waals surface area contributed by atoms with Crippen LogP contribution in [0.5, 0.6) is 0 Å². The van der Waals surface area contributed by atoms with E-state index < -0.39 is 0 Å². The van der Waals surface area contributed by atoms with Crippen LogP contribution in [0.25, 0.3) is 0 Å². The van der Waals surface area contributed by atoms with Gasteiger partial charge in [-0.3, -0.25) is 4.79 Å². The lowest BCUT2D eigenvalue weighted by Crippen LogP contribution is -2.49. The number of nitrogens with zero attached hydrogens (tertiary/aromatic N) is 1. The number of nitrogens with two attached hydrogens (primary N) is 1. The SMILES string of the molecule is CCN1CCCC(NC(=O)C2CCC(CN)CC2)C1. The van der Waals surface area contributed by atoms with Gasteiger partial charge in [0.2, 0.25) is 5.91 Å². The Balaban J connectivity index is 1.75. The van der Waals surface area contributed by atoms with Gasteiger partial charge in [0.25, 0.3) is 0 Å². The molecule has 0 aromatic heterocycles. The molecule has 0 aromatic carbocycles. The average Bonchev–Trinajstić information content (AvgIpc) is 2.47. The summed E-state index contributed by atoms with van der Waals surface area (Å²) in [4.78, 5) is 14.7. The van der Waals surface area contributed by atoms with Gasteiger partial charge < -0.3 is 16.0 Å². The first kappa shape index (κ1) is 14.8. The molecular formula is C15H29N3O. The Morgan fingerprint density at radius 3 is 2.63 bits per heavy atom. The van der Waals surface area contributed by atoms with E-state index >= 15 is 0 Å². The summed E-state index contributed by atoms with van der Waals surface area (Å²) < 4.78 is 0. The van der Waals surface area contributed by atoms with E-state index in [1.165, 1.54) is 13.0 Å². The largest absolute Gasteiger partial charge is 0.352 e. The van der Waals surface area contributed by atoms with Crippen LogP contribution in [0, 0.1) is 11.8 Å². The molecule has 2 aliphatic rings. The fourth-order valence-corrected chi connectivity index (χ4v) is 3.44. The number of piperidine rings is 1. The number of likely N-dealkylation sites (N-methyl/N-ethyl adjacent to an activating group) is 1. The van der Waals surface area contributed by atoms with Crippen molar-refractivity contribution in [2.45, 2.75) is 51.5 Å². The van der Waals surface area contributed by atoms with Gasteiger partial charge in [0.1, 0.15) is 0 Å². The minimum absolute atomic E-state index is 0.236. The number of hydrogen-bond acceptors (Lipinski definition) is 3. The lowest BCUT2D eigenvalue weighted by molar-refractivity contribution is -0.127. The Bertz CT molecular complexity index is 287. The van der Waals surface area contributed by atoms with Crippen molar-refractivity contribution in [2.75, 3.05) is 26.2 Å². The maximum atomic E-state index is 12.3. The third-order valence-corrected chi connectivity index (χ3v) is 4.85. The number of carbonyl (C=O) groups excluding carboxylic acids is 1. The van der Waals surface area contributed by atoms with Gasteiger partial charge in [0.05, 0.1) is 0 Å². The number of rotatable bonds is 4.